The number of nitrogens with one attached hydrogen (secondary N) is 1. The normalized spacial score (nSPS) is 14.4. The number of amides is 3. The lowest BCUT2D eigenvalue weighted by Crippen LogP contribution is -2.49. The van der Waals surface area contributed by atoms with E-state index >= 15 is 0 Å². The fourth-order valence-corrected chi connectivity index (χ4v) is 4.34. The molecule has 0 bridgehead atoms. The zero-order valence-corrected chi connectivity index (χ0v) is 19.3. The van der Waals surface area contributed by atoms with Crippen LogP contribution in [0.4, 0.5) is 16.2 Å². The highest BCUT2D eigenvalue weighted by Crippen LogP contribution is 2.25. The Kier molecular flexibility index (Phi) is 7.24. The second kappa shape index (κ2) is 10.7. The number of benzene rings is 3. The standard InChI is InChI=1S/C28H28N4O2/c1-2-26(23-10-4-3-5-11-23)27(33)30-24-12-14-25(15-13-24)32-17-7-16-31(28(32)34)20-22-9-6-8-21(18-22)19-29/h3-6,8-15,18,26H,2,7,16-17,20H2,1H3,(H,30,33)/t26-/m1/s1. The molecule has 0 aliphatic carbocycles. The van der Waals surface area contributed by atoms with Crippen molar-refractivity contribution in [3.8, 4) is 6.07 Å². The molecular formula is C28H28N4O2. The summed E-state index contributed by atoms with van der Waals surface area (Å²) in [6, 6.07) is 26.7. The van der Waals surface area contributed by atoms with Gasteiger partial charge in [0, 0.05) is 31.0 Å². The summed E-state index contributed by atoms with van der Waals surface area (Å²) in [6.07, 6.45) is 1.57. The smallest absolute Gasteiger partial charge is 0.324 e. The topological polar surface area (TPSA) is 76.4 Å². The number of carbonyl (C=O) groups excluding carboxylic acids is 2. The van der Waals surface area contributed by atoms with Crippen LogP contribution in [0.3, 0.4) is 0 Å². The fraction of sp³-hybridized carbons (Fsp3) is 0.250. The predicted octanol–water partition coefficient (Wildman–Crippen LogP) is 5.52. The molecule has 6 heteroatoms. The van der Waals surface area contributed by atoms with E-state index < -0.39 is 0 Å². The first-order valence-corrected chi connectivity index (χ1v) is 11.6. The largest absolute Gasteiger partial charge is 0.326 e. The second-order valence-corrected chi connectivity index (χ2v) is 8.43. The summed E-state index contributed by atoms with van der Waals surface area (Å²) in [5, 5.41) is 12.1. The molecule has 0 spiro atoms. The van der Waals surface area contributed by atoms with Crippen LogP contribution in [0.1, 0.15) is 42.4 Å². The molecule has 4 rings (SSSR count). The van der Waals surface area contributed by atoms with E-state index in [1.54, 1.807) is 15.9 Å². The number of hydrogen-bond acceptors (Lipinski definition) is 3. The van der Waals surface area contributed by atoms with Gasteiger partial charge >= 0.3 is 6.03 Å². The SMILES string of the molecule is CC[C@@H](C(=O)Nc1ccc(N2CCCN(Cc3cccc(C#N)c3)C2=O)cc1)c1ccccc1. The van der Waals surface area contributed by atoms with E-state index in [4.69, 9.17) is 5.26 Å². The fourth-order valence-electron chi connectivity index (χ4n) is 4.34. The minimum atomic E-state index is -0.211. The number of nitrogens with zero attached hydrogens (tertiary/aromatic N) is 3. The van der Waals surface area contributed by atoms with Crippen molar-refractivity contribution in [3.63, 3.8) is 0 Å². The van der Waals surface area contributed by atoms with E-state index in [1.165, 1.54) is 0 Å². The van der Waals surface area contributed by atoms with E-state index in [1.807, 2.05) is 79.7 Å². The molecule has 6 nitrogen and oxygen atoms in total. The summed E-state index contributed by atoms with van der Waals surface area (Å²) in [4.78, 5) is 29.6. The Labute approximate surface area is 200 Å². The van der Waals surface area contributed by atoms with Gasteiger partial charge in [0.25, 0.3) is 0 Å². The van der Waals surface area contributed by atoms with Crippen LogP contribution < -0.4 is 10.2 Å². The number of rotatable bonds is 7. The minimum Gasteiger partial charge on any atom is -0.326 e. The number of hydrogen-bond donors (Lipinski definition) is 1. The lowest BCUT2D eigenvalue weighted by atomic mass is 9.95. The summed E-state index contributed by atoms with van der Waals surface area (Å²) in [5.41, 5.74) is 4.04. The average Bonchev–Trinajstić information content (AvgIpc) is 2.87. The van der Waals surface area contributed by atoms with E-state index in [0.29, 0.717) is 37.3 Å². The monoisotopic (exact) mass is 452 g/mol. The Bertz CT molecular complexity index is 1190. The molecule has 34 heavy (non-hydrogen) atoms. The van der Waals surface area contributed by atoms with Crippen molar-refractivity contribution >= 4 is 23.3 Å². The molecule has 1 fully saturated rings. The molecule has 172 valence electrons. The Hall–Kier alpha value is -4.11. The maximum atomic E-state index is 13.1. The van der Waals surface area contributed by atoms with Crippen molar-refractivity contribution in [1.82, 2.24) is 4.90 Å². The maximum Gasteiger partial charge on any atom is 0.324 e. The number of carbonyl (C=O) groups is 2. The van der Waals surface area contributed by atoms with Crippen molar-refractivity contribution in [3.05, 3.63) is 95.6 Å². The van der Waals surface area contributed by atoms with E-state index in [9.17, 15) is 9.59 Å². The third kappa shape index (κ3) is 5.26. The first kappa shape index (κ1) is 23.1. The Morgan fingerprint density at radius 2 is 1.79 bits per heavy atom. The highest BCUT2D eigenvalue weighted by atomic mass is 16.2. The molecule has 1 heterocycles. The molecule has 3 aromatic rings. The van der Waals surface area contributed by atoms with Gasteiger partial charge in [0.2, 0.25) is 5.91 Å². The highest BCUT2D eigenvalue weighted by molar-refractivity contribution is 5.97. The molecule has 3 aromatic carbocycles. The summed E-state index contributed by atoms with van der Waals surface area (Å²) in [6.45, 7) is 3.80. The van der Waals surface area contributed by atoms with Crippen LogP contribution in [0.2, 0.25) is 0 Å². The van der Waals surface area contributed by atoms with E-state index in [0.717, 1.165) is 23.2 Å². The van der Waals surface area contributed by atoms with Crippen LogP contribution >= 0.6 is 0 Å². The molecule has 0 unspecified atom stereocenters. The van der Waals surface area contributed by atoms with Gasteiger partial charge in [-0.15, -0.1) is 0 Å². The summed E-state index contributed by atoms with van der Waals surface area (Å²) < 4.78 is 0. The van der Waals surface area contributed by atoms with Gasteiger partial charge in [0.1, 0.15) is 0 Å². The molecule has 0 aromatic heterocycles. The zero-order valence-electron chi connectivity index (χ0n) is 19.3. The second-order valence-electron chi connectivity index (χ2n) is 8.43. The van der Waals surface area contributed by atoms with Gasteiger partial charge in [0.05, 0.1) is 17.6 Å². The van der Waals surface area contributed by atoms with Crippen molar-refractivity contribution in [1.29, 1.82) is 5.26 Å². The molecule has 1 atom stereocenters. The van der Waals surface area contributed by atoms with Gasteiger partial charge in [-0.1, -0.05) is 49.4 Å². The molecule has 3 amide bonds. The lowest BCUT2D eigenvalue weighted by Gasteiger charge is -2.35. The number of anilines is 2. The van der Waals surface area contributed by atoms with E-state index in [-0.39, 0.29) is 17.9 Å². The van der Waals surface area contributed by atoms with Crippen molar-refractivity contribution < 1.29 is 9.59 Å². The molecular weight excluding hydrogens is 424 g/mol. The summed E-state index contributed by atoms with van der Waals surface area (Å²) >= 11 is 0. The minimum absolute atomic E-state index is 0.0405. The molecule has 0 radical (unpaired) electrons. The molecule has 1 saturated heterocycles. The predicted molar refractivity (Wildman–Crippen MR) is 133 cm³/mol. The zero-order chi connectivity index (χ0) is 23.9. The molecule has 0 saturated carbocycles. The first-order valence-electron chi connectivity index (χ1n) is 11.6. The quantitative estimate of drug-likeness (QED) is 0.513. The van der Waals surface area contributed by atoms with Gasteiger partial charge in [0.15, 0.2) is 0 Å². The van der Waals surface area contributed by atoms with Crippen molar-refractivity contribution in [2.75, 3.05) is 23.3 Å². The van der Waals surface area contributed by atoms with Crippen LogP contribution in [0.25, 0.3) is 0 Å². The Morgan fingerprint density at radius 3 is 2.50 bits per heavy atom. The summed E-state index contributed by atoms with van der Waals surface area (Å²) in [7, 11) is 0. The lowest BCUT2D eigenvalue weighted by molar-refractivity contribution is -0.117. The van der Waals surface area contributed by atoms with Crippen LogP contribution in [0.15, 0.2) is 78.9 Å². The average molecular weight is 453 g/mol. The van der Waals surface area contributed by atoms with Crippen LogP contribution in [0, 0.1) is 11.3 Å². The third-order valence-electron chi connectivity index (χ3n) is 6.11. The van der Waals surface area contributed by atoms with Gasteiger partial charge in [-0.05, 0) is 60.4 Å². The van der Waals surface area contributed by atoms with Crippen molar-refractivity contribution in [2.24, 2.45) is 0 Å². The number of urea groups is 1. The van der Waals surface area contributed by atoms with Gasteiger partial charge in [-0.25, -0.2) is 4.79 Å². The van der Waals surface area contributed by atoms with Gasteiger partial charge in [-0.3, -0.25) is 9.69 Å². The third-order valence-corrected chi connectivity index (χ3v) is 6.11. The maximum absolute atomic E-state index is 13.1. The molecule has 1 aliphatic heterocycles. The van der Waals surface area contributed by atoms with Crippen LogP contribution in [0.5, 0.6) is 0 Å². The van der Waals surface area contributed by atoms with E-state index in [2.05, 4.69) is 11.4 Å². The van der Waals surface area contributed by atoms with Crippen LogP contribution in [-0.2, 0) is 11.3 Å². The number of nitriles is 1. The Morgan fingerprint density at radius 1 is 1.03 bits per heavy atom. The van der Waals surface area contributed by atoms with Gasteiger partial charge < -0.3 is 10.2 Å². The Balaban J connectivity index is 1.42. The van der Waals surface area contributed by atoms with Crippen molar-refractivity contribution in [2.45, 2.75) is 32.2 Å². The first-order chi connectivity index (χ1) is 16.6. The highest BCUT2D eigenvalue weighted by Gasteiger charge is 2.27. The molecule has 1 N–H and O–H groups in total. The van der Waals surface area contributed by atoms with Crippen LogP contribution in [-0.4, -0.2) is 29.9 Å². The molecule has 1 aliphatic rings. The summed E-state index contributed by atoms with van der Waals surface area (Å²) in [5.74, 6) is -0.251. The van der Waals surface area contributed by atoms with Gasteiger partial charge in [-0.2, -0.15) is 5.26 Å².